The molecule has 3 aromatic rings. The number of fused-ring (bicyclic) bond motifs is 1. The summed E-state index contributed by atoms with van der Waals surface area (Å²) in [5, 5.41) is 12.2. The first-order valence-electron chi connectivity index (χ1n) is 11.0. The summed E-state index contributed by atoms with van der Waals surface area (Å²) in [6.45, 7) is 2.32. The minimum Gasteiger partial charge on any atom is -0.502 e. The molecule has 0 radical (unpaired) electrons. The highest BCUT2D eigenvalue weighted by Crippen LogP contribution is 2.24. The third-order valence-electron chi connectivity index (χ3n) is 5.64. The van der Waals surface area contributed by atoms with Crippen molar-refractivity contribution >= 4 is 5.91 Å². The van der Waals surface area contributed by atoms with Crippen molar-refractivity contribution in [2.75, 3.05) is 18.3 Å². The summed E-state index contributed by atoms with van der Waals surface area (Å²) in [6, 6.07) is 9.93. The SMILES string of the molecule is CC[C@@H](/C=C/COc1cccc(F)c1F)N1CN(Cc2ccccn2)n2ccc(=O)c(O)c2C1=O. The molecule has 2 aromatic heterocycles. The van der Waals surface area contributed by atoms with Gasteiger partial charge in [0.25, 0.3) is 5.91 Å². The topological polar surface area (TPSA) is 87.9 Å². The monoisotopic (exact) mass is 482 g/mol. The largest absolute Gasteiger partial charge is 0.502 e. The van der Waals surface area contributed by atoms with Crippen molar-refractivity contribution in [1.29, 1.82) is 0 Å². The lowest BCUT2D eigenvalue weighted by Crippen LogP contribution is -2.56. The molecular weight excluding hydrogens is 458 g/mol. The van der Waals surface area contributed by atoms with Gasteiger partial charge in [-0.2, -0.15) is 4.39 Å². The zero-order chi connectivity index (χ0) is 24.9. The van der Waals surface area contributed by atoms with Gasteiger partial charge in [-0.1, -0.05) is 25.1 Å². The van der Waals surface area contributed by atoms with Gasteiger partial charge in [0.2, 0.25) is 11.2 Å². The van der Waals surface area contributed by atoms with Crippen molar-refractivity contribution in [2.45, 2.75) is 25.9 Å². The fraction of sp³-hybridized carbons (Fsp3) is 0.240. The van der Waals surface area contributed by atoms with Gasteiger partial charge in [-0.15, -0.1) is 0 Å². The molecule has 3 heterocycles. The number of carbonyl (C=O) groups excluding carboxylic acids is 1. The predicted molar refractivity (Wildman–Crippen MR) is 125 cm³/mol. The number of rotatable bonds is 8. The molecular formula is C25H24F2N4O4. The molecule has 4 rings (SSSR count). The highest BCUT2D eigenvalue weighted by molar-refractivity contribution is 5.96. The van der Waals surface area contributed by atoms with E-state index in [1.165, 1.54) is 34.0 Å². The molecule has 1 aromatic carbocycles. The second-order valence-electron chi connectivity index (χ2n) is 7.89. The van der Waals surface area contributed by atoms with E-state index in [0.29, 0.717) is 13.0 Å². The first-order valence-corrected chi connectivity index (χ1v) is 11.0. The third-order valence-corrected chi connectivity index (χ3v) is 5.64. The first-order chi connectivity index (χ1) is 16.9. The van der Waals surface area contributed by atoms with E-state index < -0.39 is 34.8 Å². The van der Waals surface area contributed by atoms with E-state index in [9.17, 15) is 23.5 Å². The van der Waals surface area contributed by atoms with Crippen molar-refractivity contribution in [3.05, 3.63) is 100 Å². The van der Waals surface area contributed by atoms with Crippen LogP contribution >= 0.6 is 0 Å². The molecule has 1 atom stereocenters. The molecule has 0 saturated carbocycles. The van der Waals surface area contributed by atoms with Gasteiger partial charge in [0.05, 0.1) is 18.3 Å². The Morgan fingerprint density at radius 1 is 1.17 bits per heavy atom. The van der Waals surface area contributed by atoms with Crippen LogP contribution in [0.5, 0.6) is 11.5 Å². The molecule has 0 spiro atoms. The van der Waals surface area contributed by atoms with E-state index >= 15 is 0 Å². The number of hydrogen-bond acceptors (Lipinski definition) is 6. The van der Waals surface area contributed by atoms with Crippen LogP contribution in [0.1, 0.15) is 29.5 Å². The van der Waals surface area contributed by atoms with Crippen LogP contribution in [0.3, 0.4) is 0 Å². The quantitative estimate of drug-likeness (QED) is 0.497. The van der Waals surface area contributed by atoms with Gasteiger partial charge in [-0.05, 0) is 36.8 Å². The Hall–Kier alpha value is -4.21. The molecule has 1 aliphatic rings. The number of carbonyl (C=O) groups is 1. The molecule has 10 heteroatoms. The second kappa shape index (κ2) is 10.4. The summed E-state index contributed by atoms with van der Waals surface area (Å²) in [5.74, 6) is -3.42. The smallest absolute Gasteiger partial charge is 0.278 e. The number of nitrogens with zero attached hydrogens (tertiary/aromatic N) is 4. The Labute approximate surface area is 200 Å². The Balaban J connectivity index is 1.57. The number of ether oxygens (including phenoxy) is 1. The maximum absolute atomic E-state index is 13.8. The first kappa shape index (κ1) is 23.9. The molecule has 0 saturated heterocycles. The lowest BCUT2D eigenvalue weighted by Gasteiger charge is -2.42. The average Bonchev–Trinajstić information content (AvgIpc) is 2.86. The predicted octanol–water partition coefficient (Wildman–Crippen LogP) is 3.19. The molecule has 1 N–H and O–H groups in total. The lowest BCUT2D eigenvalue weighted by atomic mass is 10.1. The molecule has 0 unspecified atom stereocenters. The maximum Gasteiger partial charge on any atom is 0.278 e. The van der Waals surface area contributed by atoms with Crippen LogP contribution in [0.4, 0.5) is 8.78 Å². The average molecular weight is 482 g/mol. The van der Waals surface area contributed by atoms with Crippen LogP contribution in [0.25, 0.3) is 0 Å². The molecule has 1 aliphatic heterocycles. The summed E-state index contributed by atoms with van der Waals surface area (Å²) < 4.78 is 33.9. The van der Waals surface area contributed by atoms with E-state index in [-0.39, 0.29) is 24.7 Å². The molecule has 182 valence electrons. The van der Waals surface area contributed by atoms with Crippen molar-refractivity contribution in [3.8, 4) is 11.5 Å². The van der Waals surface area contributed by atoms with E-state index in [0.717, 1.165) is 11.8 Å². The molecule has 8 nitrogen and oxygen atoms in total. The third kappa shape index (κ3) is 5.01. The number of aromatic nitrogens is 2. The normalized spacial score (nSPS) is 14.3. The van der Waals surface area contributed by atoms with Gasteiger partial charge in [0.15, 0.2) is 23.0 Å². The Morgan fingerprint density at radius 3 is 2.74 bits per heavy atom. The lowest BCUT2D eigenvalue weighted by molar-refractivity contribution is 0.0631. The molecule has 1 amide bonds. The van der Waals surface area contributed by atoms with Crippen LogP contribution in [0.2, 0.25) is 0 Å². The summed E-state index contributed by atoms with van der Waals surface area (Å²) in [7, 11) is 0. The summed E-state index contributed by atoms with van der Waals surface area (Å²) >= 11 is 0. The Kier molecular flexibility index (Phi) is 7.09. The summed E-state index contributed by atoms with van der Waals surface area (Å²) in [4.78, 5) is 31.3. The van der Waals surface area contributed by atoms with E-state index in [1.54, 1.807) is 29.4 Å². The fourth-order valence-corrected chi connectivity index (χ4v) is 3.86. The van der Waals surface area contributed by atoms with Crippen LogP contribution in [-0.2, 0) is 6.54 Å². The van der Waals surface area contributed by atoms with Crippen molar-refractivity contribution < 1.29 is 23.4 Å². The van der Waals surface area contributed by atoms with Gasteiger partial charge in [-0.3, -0.25) is 24.3 Å². The van der Waals surface area contributed by atoms with Gasteiger partial charge in [0.1, 0.15) is 13.3 Å². The van der Waals surface area contributed by atoms with Crippen LogP contribution in [0, 0.1) is 11.6 Å². The number of halogens is 2. The second-order valence-corrected chi connectivity index (χ2v) is 7.89. The number of amides is 1. The Morgan fingerprint density at radius 2 is 2.00 bits per heavy atom. The highest BCUT2D eigenvalue weighted by Gasteiger charge is 2.35. The number of pyridine rings is 2. The van der Waals surface area contributed by atoms with Gasteiger partial charge < -0.3 is 14.7 Å². The number of hydrogen-bond donors (Lipinski definition) is 1. The van der Waals surface area contributed by atoms with Crippen LogP contribution in [-0.4, -0.2) is 44.9 Å². The Bertz CT molecular complexity index is 1300. The van der Waals surface area contributed by atoms with Gasteiger partial charge in [0, 0.05) is 18.5 Å². The highest BCUT2D eigenvalue weighted by atomic mass is 19.2. The molecule has 35 heavy (non-hydrogen) atoms. The van der Waals surface area contributed by atoms with Crippen molar-refractivity contribution in [1.82, 2.24) is 14.6 Å². The van der Waals surface area contributed by atoms with Crippen LogP contribution < -0.4 is 15.2 Å². The summed E-state index contributed by atoms with van der Waals surface area (Å²) in [5.41, 5.74) is -0.0528. The van der Waals surface area contributed by atoms with Gasteiger partial charge >= 0.3 is 0 Å². The van der Waals surface area contributed by atoms with Crippen molar-refractivity contribution in [3.63, 3.8) is 0 Å². The van der Waals surface area contributed by atoms with E-state index in [4.69, 9.17) is 4.74 Å². The molecule has 0 fully saturated rings. The van der Waals surface area contributed by atoms with Crippen LogP contribution in [0.15, 0.2) is 71.8 Å². The minimum absolute atomic E-state index is 0.0438. The summed E-state index contributed by atoms with van der Waals surface area (Å²) in [6.07, 6.45) is 6.97. The zero-order valence-corrected chi connectivity index (χ0v) is 19.0. The maximum atomic E-state index is 13.8. The standard InChI is InChI=1S/C25H24F2N4O4/c1-2-18(8-6-14-35-21-10-5-9-19(26)22(21)27)30-16-29(15-17-7-3-4-12-28-17)31-13-11-20(32)24(33)23(31)25(30)34/h3-13,18,33H,2,14-16H2,1H3/b8-6+/t18-/m0/s1. The van der Waals surface area contributed by atoms with Crippen molar-refractivity contribution in [2.24, 2.45) is 0 Å². The van der Waals surface area contributed by atoms with E-state index in [2.05, 4.69) is 4.98 Å². The molecule has 0 bridgehead atoms. The molecule has 0 aliphatic carbocycles. The zero-order valence-electron chi connectivity index (χ0n) is 19.0. The minimum atomic E-state index is -1.07. The fourth-order valence-electron chi connectivity index (χ4n) is 3.86. The number of aromatic hydroxyl groups is 1. The number of benzene rings is 1. The van der Waals surface area contributed by atoms with E-state index in [1.807, 2.05) is 19.1 Å². The van der Waals surface area contributed by atoms with Gasteiger partial charge in [-0.25, -0.2) is 4.39 Å².